The number of methoxy groups -OCH3 is 1. The molecule has 2 aliphatic heterocycles. The van der Waals surface area contributed by atoms with Gasteiger partial charge in [-0.05, 0) is 39.0 Å². The van der Waals surface area contributed by atoms with Gasteiger partial charge in [0.25, 0.3) is 0 Å². The number of piperazine rings is 1. The third-order valence-corrected chi connectivity index (χ3v) is 9.29. The van der Waals surface area contributed by atoms with Crippen LogP contribution < -0.4 is 9.04 Å². The molecule has 0 aromatic heterocycles. The molecule has 2 fully saturated rings. The predicted molar refractivity (Wildman–Crippen MR) is 115 cm³/mol. The van der Waals surface area contributed by atoms with Gasteiger partial charge in [-0.2, -0.15) is 4.31 Å². The van der Waals surface area contributed by atoms with Crippen molar-refractivity contribution in [3.8, 4) is 5.75 Å². The molecule has 1 aromatic carbocycles. The second-order valence-corrected chi connectivity index (χ2v) is 11.9. The van der Waals surface area contributed by atoms with Crippen molar-refractivity contribution in [3.63, 3.8) is 0 Å². The summed E-state index contributed by atoms with van der Waals surface area (Å²) >= 11 is 0. The maximum absolute atomic E-state index is 13.4. The van der Waals surface area contributed by atoms with Crippen LogP contribution in [0.1, 0.15) is 20.8 Å². The number of anilines is 1. The van der Waals surface area contributed by atoms with Crippen LogP contribution in [-0.2, 0) is 29.6 Å². The summed E-state index contributed by atoms with van der Waals surface area (Å²) in [5, 5.41) is 0. The van der Waals surface area contributed by atoms with Gasteiger partial charge in [0.1, 0.15) is 10.6 Å². The highest BCUT2D eigenvalue weighted by Crippen LogP contribution is 2.39. The molecule has 3 rings (SSSR count). The Bertz CT molecular complexity index is 1120. The molecule has 0 spiro atoms. The zero-order valence-corrected chi connectivity index (χ0v) is 20.0. The first-order valence-electron chi connectivity index (χ1n) is 10.0. The minimum Gasteiger partial charge on any atom is -0.495 e. The van der Waals surface area contributed by atoms with Gasteiger partial charge in [0, 0.05) is 26.2 Å². The van der Waals surface area contributed by atoms with Crippen LogP contribution >= 0.6 is 0 Å². The van der Waals surface area contributed by atoms with Crippen molar-refractivity contribution in [1.82, 2.24) is 9.21 Å². The second-order valence-electron chi connectivity index (χ2n) is 8.13. The summed E-state index contributed by atoms with van der Waals surface area (Å²) in [6.45, 7) is 5.31. The summed E-state index contributed by atoms with van der Waals surface area (Å²) < 4.78 is 64.0. The van der Waals surface area contributed by atoms with Crippen LogP contribution in [0.15, 0.2) is 23.1 Å². The van der Waals surface area contributed by atoms with Gasteiger partial charge in [-0.1, -0.05) is 0 Å². The summed E-state index contributed by atoms with van der Waals surface area (Å²) in [6, 6.07) is 3.81. The monoisotopic (exact) mass is 489 g/mol. The van der Waals surface area contributed by atoms with Crippen molar-refractivity contribution in [2.45, 2.75) is 25.7 Å². The van der Waals surface area contributed by atoms with Gasteiger partial charge in [-0.25, -0.2) is 25.9 Å². The third kappa shape index (κ3) is 4.28. The van der Waals surface area contributed by atoms with Gasteiger partial charge in [0.2, 0.25) is 26.0 Å². The summed E-state index contributed by atoms with van der Waals surface area (Å²) in [6.07, 6.45) is -0.510. The quantitative estimate of drug-likeness (QED) is 0.595. The van der Waals surface area contributed by atoms with Crippen LogP contribution in [0, 0.1) is 5.41 Å². The Kier molecular flexibility index (Phi) is 6.46. The summed E-state index contributed by atoms with van der Waals surface area (Å²) in [4.78, 5) is 25.8. The molecule has 0 bridgehead atoms. The number of rotatable bonds is 5. The highest BCUT2D eigenvalue weighted by Gasteiger charge is 2.50. The summed E-state index contributed by atoms with van der Waals surface area (Å²) in [7, 11) is -6.76. The molecule has 2 heterocycles. The van der Waals surface area contributed by atoms with Crippen molar-refractivity contribution < 1.29 is 35.9 Å². The second kappa shape index (κ2) is 8.52. The standard InChI is InChI=1S/C19H27N3O8S2/c1-5-30-18(24)20-8-10-21(11-9-20)32(27,28)16-12-14(6-7-15(16)29-4)22-17(23)19(2,3)13-31(22,25)26/h6-7,12H,5,8-11,13H2,1-4H3. The maximum Gasteiger partial charge on any atom is 0.409 e. The molecular weight excluding hydrogens is 462 g/mol. The molecule has 0 radical (unpaired) electrons. The van der Waals surface area contributed by atoms with E-state index in [4.69, 9.17) is 9.47 Å². The van der Waals surface area contributed by atoms with Crippen molar-refractivity contribution in [2.75, 3.05) is 50.0 Å². The van der Waals surface area contributed by atoms with Gasteiger partial charge >= 0.3 is 6.09 Å². The molecule has 2 saturated heterocycles. The van der Waals surface area contributed by atoms with Crippen LogP contribution in [0.25, 0.3) is 0 Å². The predicted octanol–water partition coefficient (Wildman–Crippen LogP) is 0.861. The highest BCUT2D eigenvalue weighted by molar-refractivity contribution is 7.94. The molecule has 0 saturated carbocycles. The lowest BCUT2D eigenvalue weighted by atomic mass is 9.95. The number of carbonyl (C=O) groups is 2. The van der Waals surface area contributed by atoms with Crippen LogP contribution in [0.5, 0.6) is 5.75 Å². The Morgan fingerprint density at radius 1 is 1.16 bits per heavy atom. The topological polar surface area (TPSA) is 131 Å². The average Bonchev–Trinajstić information content (AvgIpc) is 2.90. The molecular formula is C19H27N3O8S2. The molecule has 0 aliphatic carbocycles. The molecule has 2 amide bonds. The number of sulfonamides is 2. The Morgan fingerprint density at radius 3 is 2.28 bits per heavy atom. The highest BCUT2D eigenvalue weighted by atomic mass is 32.2. The van der Waals surface area contributed by atoms with Crippen LogP contribution in [0.3, 0.4) is 0 Å². The Balaban J connectivity index is 1.94. The molecule has 13 heteroatoms. The number of ether oxygens (including phenoxy) is 2. The Hall–Kier alpha value is -2.38. The normalized spacial score (nSPS) is 20.9. The number of nitrogens with zero attached hydrogens (tertiary/aromatic N) is 3. The van der Waals surface area contributed by atoms with Gasteiger partial charge in [-0.3, -0.25) is 4.79 Å². The first-order valence-corrected chi connectivity index (χ1v) is 13.1. The molecule has 2 aliphatic rings. The van der Waals surface area contributed by atoms with E-state index in [1.165, 1.54) is 42.3 Å². The zero-order valence-electron chi connectivity index (χ0n) is 18.4. The van der Waals surface area contributed by atoms with Gasteiger partial charge in [0.15, 0.2) is 0 Å². The molecule has 11 nitrogen and oxygen atoms in total. The fourth-order valence-corrected chi connectivity index (χ4v) is 7.42. The number of carbonyl (C=O) groups excluding carboxylic acids is 2. The molecule has 0 atom stereocenters. The van der Waals surface area contributed by atoms with Crippen molar-refractivity contribution in [3.05, 3.63) is 18.2 Å². The lowest BCUT2D eigenvalue weighted by Crippen LogP contribution is -2.50. The van der Waals surface area contributed by atoms with E-state index in [2.05, 4.69) is 0 Å². The summed E-state index contributed by atoms with van der Waals surface area (Å²) in [5.74, 6) is -0.984. The third-order valence-electron chi connectivity index (χ3n) is 5.35. The molecule has 1 aromatic rings. The average molecular weight is 490 g/mol. The van der Waals surface area contributed by atoms with E-state index in [9.17, 15) is 26.4 Å². The molecule has 178 valence electrons. The zero-order chi connectivity index (χ0) is 23.9. The number of hydrogen-bond donors (Lipinski definition) is 0. The van der Waals surface area contributed by atoms with Gasteiger partial charge < -0.3 is 14.4 Å². The minimum absolute atomic E-state index is 0.0184. The SMILES string of the molecule is CCOC(=O)N1CCN(S(=O)(=O)c2cc(N3C(=O)C(C)(C)CS3(=O)=O)ccc2OC)CC1. The van der Waals surface area contributed by atoms with Crippen LogP contribution in [0.2, 0.25) is 0 Å². The molecule has 0 unspecified atom stereocenters. The van der Waals surface area contributed by atoms with E-state index in [0.717, 1.165) is 6.07 Å². The first kappa shape index (κ1) is 24.3. The van der Waals surface area contributed by atoms with Crippen molar-refractivity contribution in [1.29, 1.82) is 0 Å². The van der Waals surface area contributed by atoms with E-state index >= 15 is 0 Å². The molecule has 32 heavy (non-hydrogen) atoms. The number of hydrogen-bond acceptors (Lipinski definition) is 8. The Morgan fingerprint density at radius 2 is 1.78 bits per heavy atom. The van der Waals surface area contributed by atoms with E-state index in [-0.39, 0.29) is 54.9 Å². The lowest BCUT2D eigenvalue weighted by Gasteiger charge is -2.33. The first-order chi connectivity index (χ1) is 14.8. The summed E-state index contributed by atoms with van der Waals surface area (Å²) in [5.41, 5.74) is -1.19. The van der Waals surface area contributed by atoms with E-state index < -0.39 is 37.5 Å². The maximum atomic E-state index is 13.4. The largest absolute Gasteiger partial charge is 0.495 e. The van der Waals surface area contributed by atoms with Crippen LogP contribution in [-0.4, -0.2) is 83.7 Å². The minimum atomic E-state index is -4.10. The number of amides is 2. The van der Waals surface area contributed by atoms with Crippen molar-refractivity contribution in [2.24, 2.45) is 5.41 Å². The molecule has 0 N–H and O–H groups in total. The fourth-order valence-electron chi connectivity index (χ4n) is 3.72. The van der Waals surface area contributed by atoms with E-state index in [1.54, 1.807) is 6.92 Å². The van der Waals surface area contributed by atoms with Crippen LogP contribution in [0.4, 0.5) is 10.5 Å². The lowest BCUT2D eigenvalue weighted by molar-refractivity contribution is -0.123. The van der Waals surface area contributed by atoms with Crippen molar-refractivity contribution >= 4 is 37.7 Å². The fraction of sp³-hybridized carbons (Fsp3) is 0.579. The van der Waals surface area contributed by atoms with Gasteiger partial charge in [0.05, 0.1) is 30.6 Å². The van der Waals surface area contributed by atoms with Gasteiger partial charge in [-0.15, -0.1) is 0 Å². The van der Waals surface area contributed by atoms with E-state index in [0.29, 0.717) is 4.31 Å². The van der Waals surface area contributed by atoms with E-state index in [1.807, 2.05) is 0 Å². The number of benzene rings is 1. The Labute approximate surface area is 188 Å². The smallest absolute Gasteiger partial charge is 0.409 e.